The molecule has 1 N–H and O–H groups in total. The molecule has 2 rings (SSSR count). The van der Waals surface area contributed by atoms with Crippen LogP contribution in [0.5, 0.6) is 0 Å². The van der Waals surface area contributed by atoms with E-state index in [-0.39, 0.29) is 22.9 Å². The zero-order valence-corrected chi connectivity index (χ0v) is 25.0. The summed E-state index contributed by atoms with van der Waals surface area (Å²) in [5, 5.41) is 2.87. The molecule has 0 aliphatic rings. The van der Waals surface area contributed by atoms with Crippen LogP contribution in [-0.2, 0) is 18.1 Å². The first-order valence-corrected chi connectivity index (χ1v) is 14.7. The molecule has 0 radical (unpaired) electrons. The number of hydrogen-bond donors (Lipinski definition) is 1. The van der Waals surface area contributed by atoms with Gasteiger partial charge in [0.25, 0.3) is 5.91 Å². The standard InChI is InChI=1S/C28H42N2O4Si.BrH/c1-6-20-32-35(33-21-7-2,34-22-8-3)23-12-19-30(26-13-10-9-11-14-26)27-17-15-25(16-18-27)29-28(31)24(4)5;/h9-11,13-18H,4,6-8,12,19-23H2,1-3,5H3,(H,29,31);1H. The van der Waals surface area contributed by atoms with E-state index >= 15 is 0 Å². The molecule has 8 heteroatoms. The molecule has 2 aromatic carbocycles. The highest BCUT2D eigenvalue weighted by molar-refractivity contribution is 8.93. The third kappa shape index (κ3) is 10.6. The molecule has 0 unspecified atom stereocenters. The maximum atomic E-state index is 12.0. The molecule has 1 amide bonds. The van der Waals surface area contributed by atoms with E-state index in [0.29, 0.717) is 25.4 Å². The molecule has 0 saturated heterocycles. The minimum atomic E-state index is -2.75. The Labute approximate surface area is 229 Å². The van der Waals surface area contributed by atoms with Crippen molar-refractivity contribution in [1.29, 1.82) is 0 Å². The molecule has 0 fully saturated rings. The Bertz CT molecular complexity index is 874. The van der Waals surface area contributed by atoms with Gasteiger partial charge in [0.15, 0.2) is 0 Å². The number of hydrogen-bond acceptors (Lipinski definition) is 5. The van der Waals surface area contributed by atoms with Crippen LogP contribution in [0, 0.1) is 0 Å². The lowest BCUT2D eigenvalue weighted by molar-refractivity contribution is -0.112. The molecule has 0 heterocycles. The van der Waals surface area contributed by atoms with Gasteiger partial charge in [-0.3, -0.25) is 4.79 Å². The van der Waals surface area contributed by atoms with E-state index in [2.05, 4.69) is 49.7 Å². The Morgan fingerprint density at radius 1 is 0.861 bits per heavy atom. The van der Waals surface area contributed by atoms with Gasteiger partial charge in [-0.2, -0.15) is 0 Å². The zero-order valence-electron chi connectivity index (χ0n) is 22.3. The van der Waals surface area contributed by atoms with Crippen LogP contribution in [0.4, 0.5) is 17.1 Å². The molecule has 0 aromatic heterocycles. The summed E-state index contributed by atoms with van der Waals surface area (Å²) in [4.78, 5) is 14.2. The topological polar surface area (TPSA) is 60.0 Å². The number of nitrogens with zero attached hydrogens (tertiary/aromatic N) is 1. The first-order valence-electron chi connectivity index (χ1n) is 12.8. The second kappa shape index (κ2) is 17.5. The van der Waals surface area contributed by atoms with Crippen LogP contribution in [0.25, 0.3) is 0 Å². The number of rotatable bonds is 17. The Morgan fingerprint density at radius 3 is 1.83 bits per heavy atom. The normalized spacial score (nSPS) is 11.0. The molecule has 0 bridgehead atoms. The predicted octanol–water partition coefficient (Wildman–Crippen LogP) is 7.53. The second-order valence-corrected chi connectivity index (χ2v) is 11.3. The van der Waals surface area contributed by atoms with Crippen molar-refractivity contribution in [3.8, 4) is 0 Å². The number of nitrogens with one attached hydrogen (secondary N) is 1. The lowest BCUT2D eigenvalue weighted by Crippen LogP contribution is -2.47. The average molecular weight is 580 g/mol. The molecule has 0 aliphatic carbocycles. The molecule has 36 heavy (non-hydrogen) atoms. The summed E-state index contributed by atoms with van der Waals surface area (Å²) < 4.78 is 18.8. The molecule has 0 atom stereocenters. The van der Waals surface area contributed by atoms with Gasteiger partial charge in [0, 0.05) is 55.0 Å². The third-order valence-corrected chi connectivity index (χ3v) is 8.23. The van der Waals surface area contributed by atoms with Crippen molar-refractivity contribution in [2.45, 2.75) is 59.4 Å². The van der Waals surface area contributed by atoms with Crippen molar-refractivity contribution < 1.29 is 18.1 Å². The van der Waals surface area contributed by atoms with Gasteiger partial charge in [-0.05, 0) is 69.0 Å². The lowest BCUT2D eigenvalue weighted by atomic mass is 10.2. The quantitative estimate of drug-likeness (QED) is 0.155. The van der Waals surface area contributed by atoms with E-state index in [1.54, 1.807) is 6.92 Å². The minimum absolute atomic E-state index is 0. The van der Waals surface area contributed by atoms with Crippen molar-refractivity contribution in [2.24, 2.45) is 0 Å². The summed E-state index contributed by atoms with van der Waals surface area (Å²) >= 11 is 0. The zero-order chi connectivity index (χ0) is 25.5. The number of carbonyl (C=O) groups excluding carboxylic acids is 1. The fraction of sp³-hybridized carbons (Fsp3) is 0.464. The summed E-state index contributed by atoms with van der Waals surface area (Å²) in [6.45, 7) is 14.5. The average Bonchev–Trinajstić information content (AvgIpc) is 2.88. The number of halogens is 1. The highest BCUT2D eigenvalue weighted by Gasteiger charge is 2.40. The molecule has 200 valence electrons. The van der Waals surface area contributed by atoms with Crippen molar-refractivity contribution in [2.75, 3.05) is 36.6 Å². The maximum Gasteiger partial charge on any atom is 0.501 e. The van der Waals surface area contributed by atoms with Crippen LogP contribution in [0.15, 0.2) is 66.7 Å². The van der Waals surface area contributed by atoms with E-state index in [0.717, 1.165) is 55.3 Å². The Morgan fingerprint density at radius 2 is 1.36 bits per heavy atom. The maximum absolute atomic E-state index is 12.0. The largest absolute Gasteiger partial charge is 0.501 e. The summed E-state index contributed by atoms with van der Waals surface area (Å²) in [6.07, 6.45) is 3.67. The van der Waals surface area contributed by atoms with Crippen LogP contribution in [0.1, 0.15) is 53.4 Å². The third-order valence-electron chi connectivity index (χ3n) is 5.34. The van der Waals surface area contributed by atoms with Crippen molar-refractivity contribution in [1.82, 2.24) is 0 Å². The van der Waals surface area contributed by atoms with Gasteiger partial charge in [-0.1, -0.05) is 45.5 Å². The van der Waals surface area contributed by atoms with Gasteiger partial charge in [0.2, 0.25) is 0 Å². The van der Waals surface area contributed by atoms with Gasteiger partial charge < -0.3 is 23.5 Å². The number of amides is 1. The summed E-state index contributed by atoms with van der Waals surface area (Å²) in [5.74, 6) is -0.176. The predicted molar refractivity (Wildman–Crippen MR) is 158 cm³/mol. The van der Waals surface area contributed by atoms with E-state index in [1.807, 2.05) is 42.5 Å². The van der Waals surface area contributed by atoms with Crippen molar-refractivity contribution in [3.05, 3.63) is 66.7 Å². The number of carbonyl (C=O) groups is 1. The van der Waals surface area contributed by atoms with Crippen LogP contribution in [0.2, 0.25) is 6.04 Å². The minimum Gasteiger partial charge on any atom is -0.373 e. The Balaban J connectivity index is 0.00000648. The fourth-order valence-electron chi connectivity index (χ4n) is 3.55. The van der Waals surface area contributed by atoms with Gasteiger partial charge in [0.1, 0.15) is 0 Å². The van der Waals surface area contributed by atoms with Crippen LogP contribution >= 0.6 is 17.0 Å². The van der Waals surface area contributed by atoms with Crippen LogP contribution in [-0.4, -0.2) is 41.1 Å². The van der Waals surface area contributed by atoms with Gasteiger partial charge >= 0.3 is 8.80 Å². The van der Waals surface area contributed by atoms with Crippen molar-refractivity contribution in [3.63, 3.8) is 0 Å². The smallest absolute Gasteiger partial charge is 0.373 e. The fourth-order valence-corrected chi connectivity index (χ4v) is 6.37. The van der Waals surface area contributed by atoms with Crippen LogP contribution in [0.3, 0.4) is 0 Å². The molecule has 0 spiro atoms. The molecule has 0 saturated carbocycles. The summed E-state index contributed by atoms with van der Waals surface area (Å²) in [7, 11) is -2.75. The van der Waals surface area contributed by atoms with E-state index in [1.165, 1.54) is 0 Å². The first-order chi connectivity index (χ1) is 16.9. The lowest BCUT2D eigenvalue weighted by Gasteiger charge is -2.31. The molecular weight excluding hydrogens is 536 g/mol. The Kier molecular flexibility index (Phi) is 15.6. The van der Waals surface area contributed by atoms with Gasteiger partial charge in [-0.15, -0.1) is 17.0 Å². The molecular formula is C28H43BrN2O4Si. The number of benzene rings is 2. The number of anilines is 3. The summed E-state index contributed by atoms with van der Waals surface area (Å²) in [5.41, 5.74) is 3.38. The first kappa shape index (κ1) is 32.1. The number of para-hydroxylation sites is 1. The van der Waals surface area contributed by atoms with Crippen LogP contribution < -0.4 is 10.2 Å². The van der Waals surface area contributed by atoms with E-state index < -0.39 is 8.80 Å². The van der Waals surface area contributed by atoms with E-state index in [9.17, 15) is 4.79 Å². The van der Waals surface area contributed by atoms with Crippen molar-refractivity contribution >= 4 is 48.8 Å². The monoisotopic (exact) mass is 578 g/mol. The SMILES string of the molecule is Br.C=C(C)C(=O)Nc1ccc(N(CCC[Si](OCCC)(OCCC)OCCC)c2ccccc2)cc1. The Hall–Kier alpha value is -1.97. The second-order valence-electron chi connectivity index (χ2n) is 8.60. The van der Waals surface area contributed by atoms with Gasteiger partial charge in [-0.25, -0.2) is 0 Å². The highest BCUT2D eigenvalue weighted by atomic mass is 79.9. The molecule has 2 aromatic rings. The van der Waals surface area contributed by atoms with Gasteiger partial charge in [0.05, 0.1) is 0 Å². The summed E-state index contributed by atoms with van der Waals surface area (Å²) in [6, 6.07) is 19.0. The van der Waals surface area contributed by atoms with E-state index in [4.69, 9.17) is 13.3 Å². The molecule has 0 aliphatic heterocycles. The molecule has 6 nitrogen and oxygen atoms in total. The highest BCUT2D eigenvalue weighted by Crippen LogP contribution is 2.28.